The molecular weight excluding hydrogens is 312 g/mol. The Kier molecular flexibility index (Phi) is 4.39. The van der Waals surface area contributed by atoms with Crippen LogP contribution in [0.2, 0.25) is 5.02 Å². The van der Waals surface area contributed by atoms with Crippen molar-refractivity contribution in [2.45, 2.75) is 6.54 Å². The first-order chi connectivity index (χ1) is 11.1. The molecule has 0 saturated carbocycles. The van der Waals surface area contributed by atoms with Crippen LogP contribution in [0.5, 0.6) is 0 Å². The van der Waals surface area contributed by atoms with Crippen LogP contribution in [0.25, 0.3) is 11.3 Å². The van der Waals surface area contributed by atoms with E-state index in [2.05, 4.69) is 15.4 Å². The lowest BCUT2D eigenvalue weighted by Crippen LogP contribution is -2.25. The molecular formula is C17H15ClN4O. The Morgan fingerprint density at radius 2 is 2.00 bits per heavy atom. The summed E-state index contributed by atoms with van der Waals surface area (Å²) in [4.78, 5) is 16.5. The molecule has 23 heavy (non-hydrogen) atoms. The van der Waals surface area contributed by atoms with E-state index in [1.54, 1.807) is 36.1 Å². The van der Waals surface area contributed by atoms with Gasteiger partial charge in [-0.1, -0.05) is 29.8 Å². The number of rotatable bonds is 4. The summed E-state index contributed by atoms with van der Waals surface area (Å²) in [6.45, 7) is 0.376. The molecule has 0 aliphatic rings. The summed E-state index contributed by atoms with van der Waals surface area (Å²) in [6, 6.07) is 14.7. The molecule has 0 radical (unpaired) electrons. The van der Waals surface area contributed by atoms with Crippen molar-refractivity contribution in [3.63, 3.8) is 0 Å². The van der Waals surface area contributed by atoms with Crippen molar-refractivity contribution >= 4 is 17.5 Å². The quantitative estimate of drug-likeness (QED) is 0.801. The number of halogens is 1. The van der Waals surface area contributed by atoms with E-state index in [1.165, 1.54) is 0 Å². The van der Waals surface area contributed by atoms with E-state index in [0.29, 0.717) is 17.3 Å². The maximum Gasteiger partial charge on any atom is 0.269 e. The molecule has 0 fully saturated rings. The Morgan fingerprint density at radius 1 is 1.22 bits per heavy atom. The minimum absolute atomic E-state index is 0.189. The van der Waals surface area contributed by atoms with Crippen LogP contribution < -0.4 is 5.32 Å². The zero-order valence-corrected chi connectivity index (χ0v) is 13.3. The first-order valence-corrected chi connectivity index (χ1v) is 7.49. The molecule has 6 heteroatoms. The lowest BCUT2D eigenvalue weighted by molar-refractivity contribution is 0.0941. The van der Waals surface area contributed by atoms with Crippen LogP contribution in [0.1, 0.15) is 16.2 Å². The van der Waals surface area contributed by atoms with Crippen LogP contribution in [-0.4, -0.2) is 20.7 Å². The summed E-state index contributed by atoms with van der Waals surface area (Å²) < 4.78 is 1.57. The normalized spacial score (nSPS) is 10.5. The van der Waals surface area contributed by atoms with E-state index in [4.69, 9.17) is 11.6 Å². The van der Waals surface area contributed by atoms with Gasteiger partial charge in [-0.05, 0) is 30.3 Å². The monoisotopic (exact) mass is 326 g/mol. The summed E-state index contributed by atoms with van der Waals surface area (Å²) in [6.07, 6.45) is 1.70. The molecule has 0 aliphatic heterocycles. The summed E-state index contributed by atoms with van der Waals surface area (Å²) in [5, 5.41) is 7.90. The molecule has 3 rings (SSSR count). The van der Waals surface area contributed by atoms with E-state index in [-0.39, 0.29) is 5.91 Å². The zero-order chi connectivity index (χ0) is 16.2. The fourth-order valence-electron chi connectivity index (χ4n) is 2.21. The molecule has 0 saturated heterocycles. The van der Waals surface area contributed by atoms with Gasteiger partial charge in [0.2, 0.25) is 0 Å². The van der Waals surface area contributed by atoms with Gasteiger partial charge < -0.3 is 5.32 Å². The van der Waals surface area contributed by atoms with Crippen LogP contribution >= 0.6 is 11.6 Å². The van der Waals surface area contributed by atoms with Crippen molar-refractivity contribution < 1.29 is 4.79 Å². The van der Waals surface area contributed by atoms with E-state index >= 15 is 0 Å². The summed E-state index contributed by atoms with van der Waals surface area (Å²) in [5.41, 5.74) is 2.94. The van der Waals surface area contributed by atoms with Gasteiger partial charge in [0.05, 0.1) is 17.9 Å². The fourth-order valence-corrected chi connectivity index (χ4v) is 2.33. The molecule has 2 aromatic heterocycles. The highest BCUT2D eigenvalue weighted by molar-refractivity contribution is 6.30. The Bertz CT molecular complexity index is 812. The first-order valence-electron chi connectivity index (χ1n) is 7.11. The summed E-state index contributed by atoms with van der Waals surface area (Å²) >= 11 is 5.89. The van der Waals surface area contributed by atoms with Crippen molar-refractivity contribution in [1.29, 1.82) is 0 Å². The van der Waals surface area contributed by atoms with Crippen LogP contribution in [-0.2, 0) is 13.6 Å². The van der Waals surface area contributed by atoms with Crippen molar-refractivity contribution in [2.75, 3.05) is 0 Å². The molecule has 116 valence electrons. The minimum Gasteiger partial charge on any atom is -0.345 e. The van der Waals surface area contributed by atoms with Crippen LogP contribution in [0.4, 0.5) is 0 Å². The van der Waals surface area contributed by atoms with Crippen LogP contribution in [0.3, 0.4) is 0 Å². The van der Waals surface area contributed by atoms with Gasteiger partial charge in [0.1, 0.15) is 5.69 Å². The van der Waals surface area contributed by atoms with Crippen molar-refractivity contribution in [3.8, 4) is 11.3 Å². The second kappa shape index (κ2) is 6.62. The van der Waals surface area contributed by atoms with Gasteiger partial charge in [0.15, 0.2) is 0 Å². The first kappa shape index (κ1) is 15.2. The topological polar surface area (TPSA) is 59.8 Å². The van der Waals surface area contributed by atoms with Gasteiger partial charge >= 0.3 is 0 Å². The molecule has 1 aromatic carbocycles. The van der Waals surface area contributed by atoms with Gasteiger partial charge in [-0.25, -0.2) is 0 Å². The van der Waals surface area contributed by atoms with Gasteiger partial charge in [0, 0.05) is 23.8 Å². The highest BCUT2D eigenvalue weighted by Crippen LogP contribution is 2.21. The number of carbonyl (C=O) groups is 1. The highest BCUT2D eigenvalue weighted by Gasteiger charge is 2.14. The number of benzene rings is 1. The number of aryl methyl sites for hydroxylation is 1. The molecule has 0 atom stereocenters. The molecule has 3 aromatic rings. The van der Waals surface area contributed by atoms with Crippen LogP contribution in [0.15, 0.2) is 54.7 Å². The predicted octanol–water partition coefficient (Wildman–Crippen LogP) is 3.07. The number of carbonyl (C=O) groups excluding carboxylic acids is 1. The van der Waals surface area contributed by atoms with E-state index < -0.39 is 0 Å². The largest absolute Gasteiger partial charge is 0.345 e. The maximum atomic E-state index is 12.3. The predicted molar refractivity (Wildman–Crippen MR) is 89.1 cm³/mol. The summed E-state index contributed by atoms with van der Waals surface area (Å²) in [7, 11) is 1.75. The molecule has 0 spiro atoms. The Hall–Kier alpha value is -2.66. The van der Waals surface area contributed by atoms with Gasteiger partial charge in [-0.3, -0.25) is 14.5 Å². The SMILES string of the molecule is Cn1nc(-c2ccc(Cl)cc2)cc1C(=O)NCc1ccccn1. The molecule has 2 heterocycles. The number of amides is 1. The maximum absolute atomic E-state index is 12.3. The standard InChI is InChI=1S/C17H15ClN4O/c1-22-16(17(23)20-11-14-4-2-3-9-19-14)10-15(21-22)12-5-7-13(18)8-6-12/h2-10H,11H2,1H3,(H,20,23). The third kappa shape index (κ3) is 3.57. The number of pyridine rings is 1. The van der Waals surface area contributed by atoms with E-state index in [0.717, 1.165) is 17.0 Å². The Labute approximate surface area is 138 Å². The Balaban J connectivity index is 1.75. The molecule has 0 aliphatic carbocycles. The molecule has 0 unspecified atom stereocenters. The third-order valence-corrected chi connectivity index (χ3v) is 3.66. The minimum atomic E-state index is -0.189. The second-order valence-corrected chi connectivity index (χ2v) is 5.49. The second-order valence-electron chi connectivity index (χ2n) is 5.05. The Morgan fingerprint density at radius 3 is 2.70 bits per heavy atom. The number of hydrogen-bond acceptors (Lipinski definition) is 3. The number of aromatic nitrogens is 3. The number of nitrogens with zero attached hydrogens (tertiary/aromatic N) is 3. The lowest BCUT2D eigenvalue weighted by atomic mass is 10.1. The van der Waals surface area contributed by atoms with Crippen molar-refractivity contribution in [2.24, 2.45) is 7.05 Å². The van der Waals surface area contributed by atoms with Gasteiger partial charge in [0.25, 0.3) is 5.91 Å². The fraction of sp³-hybridized carbons (Fsp3) is 0.118. The highest BCUT2D eigenvalue weighted by atomic mass is 35.5. The number of nitrogens with one attached hydrogen (secondary N) is 1. The smallest absolute Gasteiger partial charge is 0.269 e. The van der Waals surface area contributed by atoms with Gasteiger partial charge in [-0.2, -0.15) is 5.10 Å². The molecule has 1 N–H and O–H groups in total. The zero-order valence-electron chi connectivity index (χ0n) is 12.5. The van der Waals surface area contributed by atoms with Crippen molar-refractivity contribution in [3.05, 3.63) is 71.1 Å². The van der Waals surface area contributed by atoms with E-state index in [9.17, 15) is 4.79 Å². The average molecular weight is 327 g/mol. The average Bonchev–Trinajstić information content (AvgIpc) is 2.96. The van der Waals surface area contributed by atoms with Crippen LogP contribution in [0, 0.1) is 0 Å². The molecule has 0 bridgehead atoms. The lowest BCUT2D eigenvalue weighted by Gasteiger charge is -2.04. The molecule has 1 amide bonds. The third-order valence-electron chi connectivity index (χ3n) is 3.41. The van der Waals surface area contributed by atoms with Crippen molar-refractivity contribution in [1.82, 2.24) is 20.1 Å². The molecule has 5 nitrogen and oxygen atoms in total. The summed E-state index contributed by atoms with van der Waals surface area (Å²) in [5.74, 6) is -0.189. The van der Waals surface area contributed by atoms with E-state index in [1.807, 2.05) is 30.3 Å². The van der Waals surface area contributed by atoms with Gasteiger partial charge in [-0.15, -0.1) is 0 Å². The number of hydrogen-bond donors (Lipinski definition) is 1.